The highest BCUT2D eigenvalue weighted by molar-refractivity contribution is 5.75. The molecule has 0 saturated heterocycles. The minimum absolute atomic E-state index is 0.312. The van der Waals surface area contributed by atoms with Crippen molar-refractivity contribution in [2.75, 3.05) is 0 Å². The molecule has 0 heterocycles. The second-order valence-electron chi connectivity index (χ2n) is 1.89. The van der Waals surface area contributed by atoms with Gasteiger partial charge >= 0.3 is 5.97 Å². The van der Waals surface area contributed by atoms with Crippen LogP contribution in [0.5, 0.6) is 0 Å². The van der Waals surface area contributed by atoms with Crippen LogP contribution < -0.4 is 10.9 Å². The topological polar surface area (TPSA) is 78.4 Å². The SMILES string of the molecule is CC(=O)NNC(C)C(=O)O. The molecule has 0 aliphatic heterocycles. The van der Waals surface area contributed by atoms with E-state index in [0.29, 0.717) is 0 Å². The van der Waals surface area contributed by atoms with Gasteiger partial charge < -0.3 is 5.11 Å². The van der Waals surface area contributed by atoms with Gasteiger partial charge in [0.05, 0.1) is 0 Å². The summed E-state index contributed by atoms with van der Waals surface area (Å²) in [6, 6.07) is -0.760. The smallest absolute Gasteiger partial charge is 0.322 e. The molecule has 0 aliphatic rings. The second-order valence-corrected chi connectivity index (χ2v) is 1.89. The van der Waals surface area contributed by atoms with Crippen LogP contribution in [-0.2, 0) is 9.59 Å². The van der Waals surface area contributed by atoms with Crippen molar-refractivity contribution in [3.8, 4) is 0 Å². The molecule has 10 heavy (non-hydrogen) atoms. The third kappa shape index (κ3) is 3.85. The highest BCUT2D eigenvalue weighted by Gasteiger charge is 2.08. The Labute approximate surface area is 58.4 Å². The number of hydrogen-bond donors (Lipinski definition) is 3. The van der Waals surface area contributed by atoms with Gasteiger partial charge in [0.25, 0.3) is 0 Å². The van der Waals surface area contributed by atoms with Gasteiger partial charge in [-0.15, -0.1) is 0 Å². The van der Waals surface area contributed by atoms with Gasteiger partial charge in [0.1, 0.15) is 6.04 Å². The van der Waals surface area contributed by atoms with Crippen LogP contribution in [0, 0.1) is 0 Å². The normalized spacial score (nSPS) is 12.2. The zero-order valence-electron chi connectivity index (χ0n) is 5.84. The van der Waals surface area contributed by atoms with E-state index in [9.17, 15) is 9.59 Å². The van der Waals surface area contributed by atoms with E-state index >= 15 is 0 Å². The number of carbonyl (C=O) groups is 2. The van der Waals surface area contributed by atoms with Gasteiger partial charge in [0.2, 0.25) is 5.91 Å². The van der Waals surface area contributed by atoms with Gasteiger partial charge in [-0.05, 0) is 6.92 Å². The highest BCUT2D eigenvalue weighted by Crippen LogP contribution is 1.75. The minimum atomic E-state index is -1.01. The van der Waals surface area contributed by atoms with Gasteiger partial charge in [-0.25, -0.2) is 5.43 Å². The molecular formula is C5H10N2O3. The summed E-state index contributed by atoms with van der Waals surface area (Å²) < 4.78 is 0. The van der Waals surface area contributed by atoms with Crippen molar-refractivity contribution < 1.29 is 14.7 Å². The molecule has 0 spiro atoms. The summed E-state index contributed by atoms with van der Waals surface area (Å²) in [6.45, 7) is 2.72. The lowest BCUT2D eigenvalue weighted by Crippen LogP contribution is -2.45. The number of rotatable bonds is 3. The number of amides is 1. The maximum Gasteiger partial charge on any atom is 0.322 e. The van der Waals surface area contributed by atoms with Crippen LogP contribution in [0.15, 0.2) is 0 Å². The number of carboxylic acids is 1. The molecular weight excluding hydrogens is 136 g/mol. The molecule has 5 heteroatoms. The van der Waals surface area contributed by atoms with Crippen molar-refractivity contribution in [2.45, 2.75) is 19.9 Å². The monoisotopic (exact) mass is 146 g/mol. The average Bonchev–Trinajstić information content (AvgIpc) is 1.82. The van der Waals surface area contributed by atoms with E-state index in [0.717, 1.165) is 0 Å². The molecule has 0 aromatic heterocycles. The van der Waals surface area contributed by atoms with E-state index in [4.69, 9.17) is 5.11 Å². The van der Waals surface area contributed by atoms with Gasteiger partial charge in [0, 0.05) is 6.92 Å². The molecule has 58 valence electrons. The summed E-state index contributed by atoms with van der Waals surface area (Å²) in [6.07, 6.45) is 0. The van der Waals surface area contributed by atoms with Crippen molar-refractivity contribution in [3.63, 3.8) is 0 Å². The number of carbonyl (C=O) groups excluding carboxylic acids is 1. The summed E-state index contributed by atoms with van der Waals surface area (Å²) >= 11 is 0. The quantitative estimate of drug-likeness (QED) is 0.451. The molecule has 1 amide bonds. The Morgan fingerprint density at radius 1 is 1.50 bits per heavy atom. The molecule has 0 saturated carbocycles. The average molecular weight is 146 g/mol. The third-order valence-electron chi connectivity index (χ3n) is 0.835. The first-order valence-electron chi connectivity index (χ1n) is 2.79. The molecule has 5 nitrogen and oxygen atoms in total. The molecule has 1 unspecified atom stereocenters. The van der Waals surface area contributed by atoms with E-state index in [1.807, 2.05) is 0 Å². The Morgan fingerprint density at radius 3 is 2.30 bits per heavy atom. The van der Waals surface area contributed by atoms with Crippen molar-refractivity contribution >= 4 is 11.9 Å². The largest absolute Gasteiger partial charge is 0.480 e. The fraction of sp³-hybridized carbons (Fsp3) is 0.600. The van der Waals surface area contributed by atoms with Gasteiger partial charge in [-0.2, -0.15) is 0 Å². The summed E-state index contributed by atoms with van der Waals surface area (Å²) in [5, 5.41) is 8.28. The van der Waals surface area contributed by atoms with Crippen LogP contribution in [-0.4, -0.2) is 23.0 Å². The van der Waals surface area contributed by atoms with Crippen LogP contribution >= 0.6 is 0 Å². The third-order valence-corrected chi connectivity index (χ3v) is 0.835. The first-order valence-corrected chi connectivity index (χ1v) is 2.79. The predicted octanol–water partition coefficient (Wildman–Crippen LogP) is -0.900. The van der Waals surface area contributed by atoms with Crippen LogP contribution in [0.25, 0.3) is 0 Å². The maximum atomic E-state index is 10.2. The molecule has 3 N–H and O–H groups in total. The van der Waals surface area contributed by atoms with Crippen LogP contribution in [0.1, 0.15) is 13.8 Å². The van der Waals surface area contributed by atoms with E-state index in [2.05, 4.69) is 10.9 Å². The van der Waals surface area contributed by atoms with Gasteiger partial charge in [0.15, 0.2) is 0 Å². The van der Waals surface area contributed by atoms with Crippen molar-refractivity contribution in [2.24, 2.45) is 0 Å². The zero-order chi connectivity index (χ0) is 8.15. The van der Waals surface area contributed by atoms with Crippen molar-refractivity contribution in [1.29, 1.82) is 0 Å². The molecule has 0 rings (SSSR count). The van der Waals surface area contributed by atoms with E-state index < -0.39 is 12.0 Å². The number of hydrazine groups is 1. The Kier molecular flexibility index (Phi) is 3.42. The lowest BCUT2D eigenvalue weighted by Gasteiger charge is -2.07. The molecule has 0 fully saturated rings. The number of nitrogens with one attached hydrogen (secondary N) is 2. The zero-order valence-corrected chi connectivity index (χ0v) is 5.84. The fourth-order valence-electron chi connectivity index (χ4n) is 0.272. The molecule has 0 aromatic carbocycles. The minimum Gasteiger partial charge on any atom is -0.480 e. The Morgan fingerprint density at radius 2 is 2.00 bits per heavy atom. The maximum absolute atomic E-state index is 10.2. The van der Waals surface area contributed by atoms with Gasteiger partial charge in [-0.1, -0.05) is 0 Å². The first kappa shape index (κ1) is 8.90. The second kappa shape index (κ2) is 3.84. The van der Waals surface area contributed by atoms with Crippen molar-refractivity contribution in [1.82, 2.24) is 10.9 Å². The Bertz CT molecular complexity index is 146. The summed E-state index contributed by atoms with van der Waals surface area (Å²) in [5.41, 5.74) is 4.44. The first-order chi connectivity index (χ1) is 4.54. The van der Waals surface area contributed by atoms with E-state index in [1.54, 1.807) is 0 Å². The molecule has 0 radical (unpaired) electrons. The summed E-state index contributed by atoms with van der Waals surface area (Å²) in [5.74, 6) is -1.32. The predicted molar refractivity (Wildman–Crippen MR) is 34.1 cm³/mol. The molecule has 0 bridgehead atoms. The Balaban J connectivity index is 3.49. The lowest BCUT2D eigenvalue weighted by atomic mass is 10.4. The highest BCUT2D eigenvalue weighted by atomic mass is 16.4. The van der Waals surface area contributed by atoms with E-state index in [-0.39, 0.29) is 5.91 Å². The Hall–Kier alpha value is -1.10. The summed E-state index contributed by atoms with van der Waals surface area (Å²) in [7, 11) is 0. The summed E-state index contributed by atoms with van der Waals surface area (Å²) in [4.78, 5) is 20.3. The van der Waals surface area contributed by atoms with Crippen LogP contribution in [0.2, 0.25) is 0 Å². The standard InChI is InChI=1S/C5H10N2O3/c1-3(5(9)10)6-7-4(2)8/h3,6H,1-2H3,(H,7,8)(H,9,10). The van der Waals surface area contributed by atoms with E-state index in [1.165, 1.54) is 13.8 Å². The molecule has 0 aromatic rings. The molecule has 1 atom stereocenters. The lowest BCUT2D eigenvalue weighted by molar-refractivity contribution is -0.139. The number of aliphatic carboxylic acids is 1. The van der Waals surface area contributed by atoms with Crippen LogP contribution in [0.4, 0.5) is 0 Å². The van der Waals surface area contributed by atoms with Gasteiger partial charge in [-0.3, -0.25) is 15.0 Å². The van der Waals surface area contributed by atoms with Crippen molar-refractivity contribution in [3.05, 3.63) is 0 Å². The number of carboxylic acid groups (broad SMARTS) is 1. The van der Waals surface area contributed by atoms with Crippen LogP contribution in [0.3, 0.4) is 0 Å². The fourth-order valence-corrected chi connectivity index (χ4v) is 0.272. The number of hydrogen-bond acceptors (Lipinski definition) is 3. The molecule has 0 aliphatic carbocycles.